The van der Waals surface area contributed by atoms with E-state index in [1.165, 1.54) is 103 Å². The van der Waals surface area contributed by atoms with Gasteiger partial charge in [0, 0.05) is 6.04 Å². The quantitative estimate of drug-likeness (QED) is 0.289. The maximum Gasteiger partial charge on any atom is 0.00387 e. The smallest absolute Gasteiger partial charge is 0.00387 e. The molecule has 0 amide bonds. The molecule has 0 aromatic rings. The molecule has 0 aliphatic carbocycles. The van der Waals surface area contributed by atoms with Gasteiger partial charge in [-0.3, -0.25) is 0 Å². The van der Waals surface area contributed by atoms with Crippen LogP contribution in [0.2, 0.25) is 0 Å². The van der Waals surface area contributed by atoms with Gasteiger partial charge in [0.1, 0.15) is 0 Å². The Morgan fingerprint density at radius 1 is 0.571 bits per heavy atom. The highest BCUT2D eigenvalue weighted by Gasteiger charge is 2.00. The summed E-state index contributed by atoms with van der Waals surface area (Å²) in [5.74, 6) is 0. The summed E-state index contributed by atoms with van der Waals surface area (Å²) >= 11 is 0. The minimum absolute atomic E-state index is 0.723. The molecule has 0 rings (SSSR count). The maximum atomic E-state index is 3.69. The van der Waals surface area contributed by atoms with E-state index in [1.54, 1.807) is 0 Å². The Bertz CT molecular complexity index is 179. The average molecular weight is 298 g/mol. The molecule has 1 nitrogen and oxygen atoms in total. The van der Waals surface area contributed by atoms with Crippen LogP contribution >= 0.6 is 0 Å². The van der Waals surface area contributed by atoms with E-state index in [2.05, 4.69) is 26.1 Å². The van der Waals surface area contributed by atoms with Gasteiger partial charge in [-0.15, -0.1) is 0 Å². The van der Waals surface area contributed by atoms with Gasteiger partial charge in [0.2, 0.25) is 0 Å². The summed E-state index contributed by atoms with van der Waals surface area (Å²) in [4.78, 5) is 0. The van der Waals surface area contributed by atoms with Gasteiger partial charge in [0.15, 0.2) is 0 Å². The SMILES string of the molecule is CCCCCCCCCCCNC(C)CCCCCCC. The molecule has 0 heterocycles. The zero-order valence-corrected chi connectivity index (χ0v) is 15.4. The van der Waals surface area contributed by atoms with Crippen LogP contribution in [-0.4, -0.2) is 12.6 Å². The lowest BCUT2D eigenvalue weighted by Crippen LogP contribution is -2.26. The lowest BCUT2D eigenvalue weighted by molar-refractivity contribution is 0.466. The van der Waals surface area contributed by atoms with E-state index in [1.807, 2.05) is 0 Å². The second-order valence-electron chi connectivity index (χ2n) is 6.89. The van der Waals surface area contributed by atoms with Crippen molar-refractivity contribution in [3.8, 4) is 0 Å². The normalized spacial score (nSPS) is 12.7. The van der Waals surface area contributed by atoms with Crippen LogP contribution in [0.1, 0.15) is 117 Å². The molecule has 1 atom stereocenters. The first kappa shape index (κ1) is 21.0. The molecular formula is C20H43N. The van der Waals surface area contributed by atoms with Crippen LogP contribution in [0.25, 0.3) is 0 Å². The van der Waals surface area contributed by atoms with E-state index < -0.39 is 0 Å². The fourth-order valence-corrected chi connectivity index (χ4v) is 2.94. The molecule has 0 saturated heterocycles. The van der Waals surface area contributed by atoms with E-state index in [0.717, 1.165) is 6.04 Å². The van der Waals surface area contributed by atoms with Crippen molar-refractivity contribution in [3.05, 3.63) is 0 Å². The van der Waals surface area contributed by atoms with Crippen LogP contribution in [-0.2, 0) is 0 Å². The van der Waals surface area contributed by atoms with Gasteiger partial charge in [-0.2, -0.15) is 0 Å². The van der Waals surface area contributed by atoms with Crippen LogP contribution in [0.15, 0.2) is 0 Å². The first-order chi connectivity index (χ1) is 10.3. The van der Waals surface area contributed by atoms with Crippen molar-refractivity contribution in [2.45, 2.75) is 123 Å². The highest BCUT2D eigenvalue weighted by Crippen LogP contribution is 2.10. The summed E-state index contributed by atoms with van der Waals surface area (Å²) < 4.78 is 0. The van der Waals surface area contributed by atoms with Crippen molar-refractivity contribution in [3.63, 3.8) is 0 Å². The molecule has 0 spiro atoms. The summed E-state index contributed by atoms with van der Waals surface area (Å²) in [6.07, 6.45) is 21.3. The molecule has 0 aromatic carbocycles. The monoisotopic (exact) mass is 297 g/mol. The fraction of sp³-hybridized carbons (Fsp3) is 1.00. The van der Waals surface area contributed by atoms with Crippen molar-refractivity contribution < 1.29 is 0 Å². The zero-order valence-electron chi connectivity index (χ0n) is 15.4. The van der Waals surface area contributed by atoms with Gasteiger partial charge >= 0.3 is 0 Å². The molecule has 0 aliphatic rings. The van der Waals surface area contributed by atoms with Crippen LogP contribution in [0.3, 0.4) is 0 Å². The second kappa shape index (κ2) is 18.0. The Morgan fingerprint density at radius 3 is 1.52 bits per heavy atom. The first-order valence-corrected chi connectivity index (χ1v) is 10.0. The van der Waals surface area contributed by atoms with Gasteiger partial charge in [-0.1, -0.05) is 97.3 Å². The molecule has 1 unspecified atom stereocenters. The Morgan fingerprint density at radius 2 is 1.00 bits per heavy atom. The third kappa shape index (κ3) is 17.9. The van der Waals surface area contributed by atoms with Gasteiger partial charge in [0.25, 0.3) is 0 Å². The van der Waals surface area contributed by atoms with E-state index in [0.29, 0.717) is 0 Å². The lowest BCUT2D eigenvalue weighted by atomic mass is 10.1. The van der Waals surface area contributed by atoms with E-state index in [-0.39, 0.29) is 0 Å². The van der Waals surface area contributed by atoms with E-state index in [4.69, 9.17) is 0 Å². The molecular weight excluding hydrogens is 254 g/mol. The molecule has 0 fully saturated rings. The van der Waals surface area contributed by atoms with Crippen LogP contribution in [0.4, 0.5) is 0 Å². The van der Waals surface area contributed by atoms with Gasteiger partial charge in [0.05, 0.1) is 0 Å². The van der Waals surface area contributed by atoms with Crippen molar-refractivity contribution in [2.24, 2.45) is 0 Å². The van der Waals surface area contributed by atoms with Gasteiger partial charge in [-0.25, -0.2) is 0 Å². The largest absolute Gasteiger partial charge is 0.314 e. The number of unbranched alkanes of at least 4 members (excludes halogenated alkanes) is 12. The third-order valence-electron chi connectivity index (χ3n) is 4.51. The summed E-state index contributed by atoms with van der Waals surface area (Å²) in [6.45, 7) is 8.16. The summed E-state index contributed by atoms with van der Waals surface area (Å²) in [7, 11) is 0. The highest BCUT2D eigenvalue weighted by molar-refractivity contribution is 4.61. The molecule has 0 bridgehead atoms. The average Bonchev–Trinajstić information content (AvgIpc) is 2.49. The van der Waals surface area contributed by atoms with E-state index in [9.17, 15) is 0 Å². The Balaban J connectivity index is 3.09. The predicted octanol–water partition coefficient (Wildman–Crippen LogP) is 6.86. The van der Waals surface area contributed by atoms with Crippen molar-refractivity contribution in [1.29, 1.82) is 0 Å². The minimum atomic E-state index is 0.723. The lowest BCUT2D eigenvalue weighted by Gasteiger charge is -2.13. The number of hydrogen-bond donors (Lipinski definition) is 1. The molecule has 0 aromatic heterocycles. The Hall–Kier alpha value is -0.0400. The standard InChI is InChI=1S/C20H43N/c1-4-6-8-10-11-12-13-15-17-19-21-20(3)18-16-14-9-7-5-2/h20-21H,4-19H2,1-3H3. The summed E-state index contributed by atoms with van der Waals surface area (Å²) in [5.41, 5.74) is 0. The fourth-order valence-electron chi connectivity index (χ4n) is 2.94. The van der Waals surface area contributed by atoms with E-state index >= 15 is 0 Å². The first-order valence-electron chi connectivity index (χ1n) is 10.0. The topological polar surface area (TPSA) is 12.0 Å². The minimum Gasteiger partial charge on any atom is -0.314 e. The van der Waals surface area contributed by atoms with Crippen LogP contribution in [0.5, 0.6) is 0 Å². The van der Waals surface area contributed by atoms with Gasteiger partial charge in [-0.05, 0) is 26.3 Å². The molecule has 0 saturated carbocycles. The van der Waals surface area contributed by atoms with Crippen LogP contribution in [0, 0.1) is 0 Å². The Kier molecular flexibility index (Phi) is 18.0. The number of hydrogen-bond acceptors (Lipinski definition) is 1. The highest BCUT2D eigenvalue weighted by atomic mass is 14.9. The van der Waals surface area contributed by atoms with Crippen molar-refractivity contribution in [2.75, 3.05) is 6.54 Å². The molecule has 128 valence electrons. The Labute approximate surface area is 135 Å². The molecule has 0 aliphatic heterocycles. The number of rotatable bonds is 17. The predicted molar refractivity (Wildman–Crippen MR) is 98.1 cm³/mol. The summed E-state index contributed by atoms with van der Waals surface area (Å²) in [6, 6.07) is 0.723. The molecule has 1 heteroatoms. The van der Waals surface area contributed by atoms with Crippen molar-refractivity contribution in [1.82, 2.24) is 5.32 Å². The zero-order chi connectivity index (χ0) is 15.6. The van der Waals surface area contributed by atoms with Crippen LogP contribution < -0.4 is 5.32 Å². The molecule has 1 N–H and O–H groups in total. The van der Waals surface area contributed by atoms with Gasteiger partial charge < -0.3 is 5.32 Å². The maximum absolute atomic E-state index is 3.69. The third-order valence-corrected chi connectivity index (χ3v) is 4.51. The summed E-state index contributed by atoms with van der Waals surface area (Å²) in [5, 5.41) is 3.69. The number of nitrogens with one attached hydrogen (secondary N) is 1. The second-order valence-corrected chi connectivity index (χ2v) is 6.89. The molecule has 0 radical (unpaired) electrons. The molecule has 21 heavy (non-hydrogen) atoms. The van der Waals surface area contributed by atoms with Crippen molar-refractivity contribution >= 4 is 0 Å².